The lowest BCUT2D eigenvalue weighted by Crippen LogP contribution is -2.38. The van der Waals surface area contributed by atoms with Crippen LogP contribution in [0.15, 0.2) is 75.5 Å². The Kier molecular flexibility index (Phi) is 7.67. The number of anilines is 2. The first-order valence-electron chi connectivity index (χ1n) is 12.3. The fraction of sp³-hybridized carbons (Fsp3) is 0.250. The Morgan fingerprint density at radius 2 is 2.00 bits per heavy atom. The van der Waals surface area contributed by atoms with Crippen LogP contribution in [0.3, 0.4) is 0 Å². The molecule has 198 valence electrons. The zero-order chi connectivity index (χ0) is 27.5. The van der Waals surface area contributed by atoms with Crippen LogP contribution in [0.25, 0.3) is 0 Å². The number of benzene rings is 2. The maximum Gasteiger partial charge on any atom is 0.234 e. The van der Waals surface area contributed by atoms with Gasteiger partial charge < -0.3 is 15.8 Å². The second-order valence-electron chi connectivity index (χ2n) is 9.09. The summed E-state index contributed by atoms with van der Waals surface area (Å²) >= 11 is 2.53. The highest BCUT2D eigenvalue weighted by Crippen LogP contribution is 2.47. The zero-order valence-electron chi connectivity index (χ0n) is 21.4. The van der Waals surface area contributed by atoms with Gasteiger partial charge in [-0.25, -0.2) is 0 Å². The molecular formula is C28H26N6O3S2. The first-order chi connectivity index (χ1) is 18.9. The molecule has 11 heteroatoms. The van der Waals surface area contributed by atoms with Crippen molar-refractivity contribution in [1.29, 1.82) is 5.26 Å². The molecular weight excluding hydrogens is 532 g/mol. The number of methoxy groups -OCH3 is 1. The number of carbonyl (C=O) groups excluding carboxylic acids is 2. The number of nitrogens with one attached hydrogen (secondary N) is 1. The Morgan fingerprint density at radius 1 is 1.23 bits per heavy atom. The van der Waals surface area contributed by atoms with Crippen LogP contribution in [0.4, 0.5) is 10.8 Å². The Labute approximate surface area is 234 Å². The molecule has 1 aliphatic carbocycles. The summed E-state index contributed by atoms with van der Waals surface area (Å²) < 4.78 is 5.86. The SMILES string of the molecule is COc1ccc(C2C(C#N)=C(N)N(c3nnc(SCC(=O)Nc4ccccc4C)s3)C3=C2C(=O)CCC3)cc1. The van der Waals surface area contributed by atoms with Gasteiger partial charge in [-0.3, -0.25) is 14.5 Å². The summed E-state index contributed by atoms with van der Waals surface area (Å²) in [5.74, 6) is 0.351. The van der Waals surface area contributed by atoms with Gasteiger partial charge in [-0.15, -0.1) is 10.2 Å². The summed E-state index contributed by atoms with van der Waals surface area (Å²) in [6, 6.07) is 17.2. The van der Waals surface area contributed by atoms with E-state index < -0.39 is 5.92 Å². The van der Waals surface area contributed by atoms with E-state index in [9.17, 15) is 14.9 Å². The number of Topliss-reactive ketones (excluding diaryl/α,β-unsaturated/α-hetero) is 1. The smallest absolute Gasteiger partial charge is 0.234 e. The molecule has 1 aliphatic heterocycles. The van der Waals surface area contributed by atoms with Gasteiger partial charge in [-0.1, -0.05) is 53.4 Å². The number of amides is 1. The van der Waals surface area contributed by atoms with E-state index >= 15 is 0 Å². The average molecular weight is 559 g/mol. The molecule has 1 aromatic heterocycles. The number of nitriles is 1. The molecule has 2 heterocycles. The summed E-state index contributed by atoms with van der Waals surface area (Å²) in [5, 5.41) is 22.1. The lowest BCUT2D eigenvalue weighted by atomic mass is 9.76. The Bertz CT molecular complexity index is 1540. The number of nitrogens with two attached hydrogens (primary N) is 1. The number of allylic oxidation sites excluding steroid dienone is 3. The highest BCUT2D eigenvalue weighted by Gasteiger charge is 2.41. The lowest BCUT2D eigenvalue weighted by molar-refractivity contribution is -0.116. The molecule has 2 aliphatic rings. The molecule has 1 amide bonds. The van der Waals surface area contributed by atoms with E-state index in [4.69, 9.17) is 10.5 Å². The number of ether oxygens (including phenoxy) is 1. The second kappa shape index (κ2) is 11.3. The average Bonchev–Trinajstić information content (AvgIpc) is 3.41. The molecule has 9 nitrogen and oxygen atoms in total. The van der Waals surface area contributed by atoms with Crippen molar-refractivity contribution in [2.75, 3.05) is 23.1 Å². The number of nitrogens with zero attached hydrogens (tertiary/aromatic N) is 4. The van der Waals surface area contributed by atoms with E-state index in [0.717, 1.165) is 22.5 Å². The number of carbonyl (C=O) groups is 2. The summed E-state index contributed by atoms with van der Waals surface area (Å²) in [6.07, 6.45) is 1.71. The number of aromatic nitrogens is 2. The molecule has 3 aromatic rings. The molecule has 0 spiro atoms. The first kappa shape index (κ1) is 26.5. The number of thioether (sulfide) groups is 1. The van der Waals surface area contributed by atoms with E-state index in [2.05, 4.69) is 21.6 Å². The quantitative estimate of drug-likeness (QED) is 0.389. The number of ketones is 1. The number of aryl methyl sites for hydroxylation is 1. The topological polar surface area (TPSA) is 134 Å². The molecule has 3 N–H and O–H groups in total. The second-order valence-corrected chi connectivity index (χ2v) is 11.3. The molecule has 1 unspecified atom stereocenters. The predicted octanol–water partition coefficient (Wildman–Crippen LogP) is 4.89. The third-order valence-corrected chi connectivity index (χ3v) is 8.74. The fourth-order valence-electron chi connectivity index (χ4n) is 4.81. The molecule has 39 heavy (non-hydrogen) atoms. The monoisotopic (exact) mass is 558 g/mol. The van der Waals surface area contributed by atoms with Crippen molar-refractivity contribution in [2.45, 2.75) is 36.4 Å². The number of hydrogen-bond acceptors (Lipinski definition) is 10. The maximum atomic E-state index is 13.3. The minimum atomic E-state index is -0.563. The molecule has 1 atom stereocenters. The van der Waals surface area contributed by atoms with E-state index in [-0.39, 0.29) is 28.8 Å². The number of rotatable bonds is 7. The molecule has 0 saturated carbocycles. The fourth-order valence-corrected chi connectivity index (χ4v) is 6.49. The van der Waals surface area contributed by atoms with Gasteiger partial charge in [0.25, 0.3) is 0 Å². The van der Waals surface area contributed by atoms with Crippen LogP contribution in [-0.4, -0.2) is 34.8 Å². The Morgan fingerprint density at radius 3 is 2.72 bits per heavy atom. The van der Waals surface area contributed by atoms with Gasteiger partial charge in [0, 0.05) is 23.4 Å². The summed E-state index contributed by atoms with van der Waals surface area (Å²) in [5.41, 5.74) is 10.8. The highest BCUT2D eigenvalue weighted by molar-refractivity contribution is 8.01. The van der Waals surface area contributed by atoms with Gasteiger partial charge in [-0.2, -0.15) is 5.26 Å². The predicted molar refractivity (Wildman–Crippen MR) is 151 cm³/mol. The van der Waals surface area contributed by atoms with E-state index in [0.29, 0.717) is 40.1 Å². The minimum Gasteiger partial charge on any atom is -0.497 e. The van der Waals surface area contributed by atoms with Crippen molar-refractivity contribution in [2.24, 2.45) is 5.73 Å². The standard InChI is InChI=1S/C28H26N6O3S2/c1-16-6-3-4-7-20(16)31-23(36)15-38-28-33-32-27(39-28)34-21-8-5-9-22(35)25(21)24(19(14-29)26(34)30)17-10-12-18(37-2)13-11-17/h3-4,6-7,10-13,24H,5,8-9,15,30H2,1-2H3,(H,31,36). The van der Waals surface area contributed by atoms with Gasteiger partial charge in [0.1, 0.15) is 11.6 Å². The van der Waals surface area contributed by atoms with Gasteiger partial charge in [0.05, 0.1) is 30.4 Å². The van der Waals surface area contributed by atoms with Crippen molar-refractivity contribution in [3.63, 3.8) is 0 Å². The zero-order valence-corrected chi connectivity index (χ0v) is 23.1. The largest absolute Gasteiger partial charge is 0.497 e. The van der Waals surface area contributed by atoms with Crippen molar-refractivity contribution in [3.8, 4) is 11.8 Å². The normalized spacial score (nSPS) is 17.1. The number of hydrogen-bond donors (Lipinski definition) is 2. The van der Waals surface area contributed by atoms with Crippen molar-refractivity contribution < 1.29 is 14.3 Å². The van der Waals surface area contributed by atoms with Crippen LogP contribution in [0.5, 0.6) is 5.75 Å². The van der Waals surface area contributed by atoms with Gasteiger partial charge in [0.2, 0.25) is 11.0 Å². The minimum absolute atomic E-state index is 0.00527. The molecule has 2 aromatic carbocycles. The summed E-state index contributed by atoms with van der Waals surface area (Å²) in [7, 11) is 1.59. The third kappa shape index (κ3) is 5.26. The van der Waals surface area contributed by atoms with Crippen LogP contribution in [0.1, 0.15) is 36.3 Å². The van der Waals surface area contributed by atoms with Crippen molar-refractivity contribution in [1.82, 2.24) is 10.2 Å². The van der Waals surface area contributed by atoms with Crippen LogP contribution in [-0.2, 0) is 9.59 Å². The highest BCUT2D eigenvalue weighted by atomic mass is 32.2. The molecule has 0 saturated heterocycles. The summed E-state index contributed by atoms with van der Waals surface area (Å²) in [6.45, 7) is 1.93. The van der Waals surface area contributed by atoms with E-state index in [1.165, 1.54) is 23.1 Å². The van der Waals surface area contributed by atoms with Crippen LogP contribution in [0.2, 0.25) is 0 Å². The first-order valence-corrected chi connectivity index (χ1v) is 14.1. The van der Waals surface area contributed by atoms with Gasteiger partial charge in [-0.05, 0) is 49.1 Å². The van der Waals surface area contributed by atoms with Crippen molar-refractivity contribution in [3.05, 3.63) is 82.3 Å². The Balaban J connectivity index is 1.42. The molecule has 0 radical (unpaired) electrons. The molecule has 5 rings (SSSR count). The van der Waals surface area contributed by atoms with Gasteiger partial charge >= 0.3 is 0 Å². The molecule has 0 bridgehead atoms. The maximum absolute atomic E-state index is 13.3. The van der Waals surface area contributed by atoms with Crippen LogP contribution < -0.4 is 20.7 Å². The van der Waals surface area contributed by atoms with Crippen LogP contribution in [0, 0.1) is 18.3 Å². The van der Waals surface area contributed by atoms with E-state index in [1.54, 1.807) is 12.0 Å². The van der Waals surface area contributed by atoms with Gasteiger partial charge in [0.15, 0.2) is 10.1 Å². The Hall–Kier alpha value is -4.14. The summed E-state index contributed by atoms with van der Waals surface area (Å²) in [4.78, 5) is 27.5. The van der Waals surface area contributed by atoms with Crippen molar-refractivity contribution >= 4 is 45.6 Å². The third-order valence-electron chi connectivity index (χ3n) is 6.70. The molecule has 0 fully saturated rings. The van der Waals surface area contributed by atoms with Crippen LogP contribution >= 0.6 is 23.1 Å². The number of para-hydroxylation sites is 1. The lowest BCUT2D eigenvalue weighted by Gasteiger charge is -2.38. The van der Waals surface area contributed by atoms with E-state index in [1.807, 2.05) is 55.5 Å².